The van der Waals surface area contributed by atoms with Gasteiger partial charge in [-0.1, -0.05) is 23.2 Å². The van der Waals surface area contributed by atoms with Crippen molar-refractivity contribution in [1.29, 1.82) is 0 Å². The van der Waals surface area contributed by atoms with Crippen molar-refractivity contribution >= 4 is 46.7 Å². The zero-order chi connectivity index (χ0) is 34.1. The number of hydrogen-bond donors (Lipinski definition) is 0. The molecule has 12 nitrogen and oxygen atoms in total. The summed E-state index contributed by atoms with van der Waals surface area (Å²) in [4.78, 5) is 37.5. The summed E-state index contributed by atoms with van der Waals surface area (Å²) in [6, 6.07) is 5.51. The first kappa shape index (κ1) is 34.7. The molecule has 2 aliphatic rings. The molecule has 47 heavy (non-hydrogen) atoms. The first-order valence-corrected chi connectivity index (χ1v) is 16.8. The Hall–Kier alpha value is -3.64. The molecule has 14 heteroatoms. The lowest BCUT2D eigenvalue weighted by molar-refractivity contribution is 0.0187. The molecule has 2 aliphatic heterocycles. The minimum atomic E-state index is -0.487. The Balaban J connectivity index is 0.000000185. The summed E-state index contributed by atoms with van der Waals surface area (Å²) in [5.41, 5.74) is 3.31. The van der Waals surface area contributed by atoms with Crippen molar-refractivity contribution in [3.8, 4) is 0 Å². The van der Waals surface area contributed by atoms with Crippen LogP contribution in [0.3, 0.4) is 0 Å². The van der Waals surface area contributed by atoms with Crippen molar-refractivity contribution in [3.63, 3.8) is 0 Å². The van der Waals surface area contributed by atoms with Gasteiger partial charge in [0.25, 0.3) is 0 Å². The van der Waals surface area contributed by atoms with Gasteiger partial charge in [-0.25, -0.2) is 28.6 Å². The Kier molecular flexibility index (Phi) is 10.2. The van der Waals surface area contributed by atoms with Gasteiger partial charge in [0.15, 0.2) is 11.3 Å². The third-order valence-corrected chi connectivity index (χ3v) is 8.48. The van der Waals surface area contributed by atoms with Crippen LogP contribution in [-0.2, 0) is 9.47 Å². The molecule has 0 aliphatic carbocycles. The monoisotopic (exact) mass is 686 g/mol. The molecular formula is C33H44Cl2N8O4. The molecule has 2 amide bonds. The Morgan fingerprint density at radius 2 is 1.30 bits per heavy atom. The number of fused-ring (bicyclic) bond motifs is 2. The molecule has 0 N–H and O–H groups in total. The third-order valence-electron chi connectivity index (χ3n) is 7.94. The Morgan fingerprint density at radius 1 is 0.787 bits per heavy atom. The quantitative estimate of drug-likeness (QED) is 0.202. The lowest BCUT2D eigenvalue weighted by Gasteiger charge is -2.34. The average molecular weight is 688 g/mol. The Labute approximate surface area is 285 Å². The van der Waals surface area contributed by atoms with Gasteiger partial charge in [-0.05, 0) is 86.3 Å². The van der Waals surface area contributed by atoms with Crippen LogP contribution < -0.4 is 0 Å². The van der Waals surface area contributed by atoms with E-state index in [1.54, 1.807) is 31.2 Å². The van der Waals surface area contributed by atoms with Gasteiger partial charge in [-0.15, -0.1) is 0 Å². The number of carbonyl (C=O) groups excluding carboxylic acids is 2. The van der Waals surface area contributed by atoms with Gasteiger partial charge in [-0.2, -0.15) is 10.2 Å². The van der Waals surface area contributed by atoms with Gasteiger partial charge in [0.2, 0.25) is 0 Å². The number of amides is 2. The van der Waals surface area contributed by atoms with E-state index >= 15 is 0 Å². The van der Waals surface area contributed by atoms with Crippen LogP contribution in [0.1, 0.15) is 96.0 Å². The van der Waals surface area contributed by atoms with E-state index in [9.17, 15) is 9.59 Å². The Bertz CT molecular complexity index is 1740. The van der Waals surface area contributed by atoms with Gasteiger partial charge in [0.05, 0.1) is 23.8 Å². The topological polar surface area (TPSA) is 119 Å². The number of piperidine rings is 2. The number of nitrogens with zero attached hydrogens (tertiary/aromatic N) is 8. The second-order valence-electron chi connectivity index (χ2n) is 14.2. The lowest BCUT2D eigenvalue weighted by atomic mass is 9.95. The first-order chi connectivity index (χ1) is 22.1. The molecule has 4 aromatic rings. The fourth-order valence-corrected chi connectivity index (χ4v) is 6.26. The van der Waals surface area contributed by atoms with E-state index < -0.39 is 11.2 Å². The average Bonchev–Trinajstić information content (AvgIpc) is 3.63. The summed E-state index contributed by atoms with van der Waals surface area (Å²) in [6.07, 6.45) is 6.70. The number of hydrogen-bond acceptors (Lipinski definition) is 8. The van der Waals surface area contributed by atoms with Gasteiger partial charge >= 0.3 is 12.2 Å². The van der Waals surface area contributed by atoms with Crippen LogP contribution in [0.4, 0.5) is 9.59 Å². The van der Waals surface area contributed by atoms with Crippen LogP contribution in [-0.4, -0.2) is 88.6 Å². The van der Waals surface area contributed by atoms with Crippen molar-refractivity contribution < 1.29 is 19.1 Å². The number of likely N-dealkylation sites (tertiary alicyclic amines) is 2. The van der Waals surface area contributed by atoms with Crippen LogP contribution in [0, 0.1) is 6.92 Å². The predicted octanol–water partition coefficient (Wildman–Crippen LogP) is 7.30. The van der Waals surface area contributed by atoms with E-state index in [1.165, 1.54) is 0 Å². The first-order valence-electron chi connectivity index (χ1n) is 16.0. The minimum Gasteiger partial charge on any atom is -0.444 e. The highest BCUT2D eigenvalue weighted by molar-refractivity contribution is 6.30. The van der Waals surface area contributed by atoms with E-state index in [4.69, 9.17) is 37.7 Å². The summed E-state index contributed by atoms with van der Waals surface area (Å²) in [5.74, 6) is 0.316. The van der Waals surface area contributed by atoms with Crippen molar-refractivity contribution in [3.05, 3.63) is 57.9 Å². The van der Waals surface area contributed by atoms with Gasteiger partial charge in [0, 0.05) is 49.6 Å². The van der Waals surface area contributed by atoms with E-state index in [-0.39, 0.29) is 24.0 Å². The summed E-state index contributed by atoms with van der Waals surface area (Å²) in [5, 5.41) is 9.42. The van der Waals surface area contributed by atoms with Crippen molar-refractivity contribution in [1.82, 2.24) is 39.0 Å². The number of aromatic nitrogens is 6. The molecule has 0 saturated carbocycles. The zero-order valence-electron chi connectivity index (χ0n) is 28.2. The maximum Gasteiger partial charge on any atom is 0.410 e. The molecule has 4 aromatic heterocycles. The molecule has 0 spiro atoms. The van der Waals surface area contributed by atoms with E-state index in [2.05, 4.69) is 15.2 Å². The van der Waals surface area contributed by atoms with E-state index in [0.29, 0.717) is 36.5 Å². The molecule has 2 saturated heterocycles. The molecule has 2 atom stereocenters. The summed E-state index contributed by atoms with van der Waals surface area (Å²) in [7, 11) is 0. The van der Waals surface area contributed by atoms with Crippen molar-refractivity contribution in [2.45, 2.75) is 97.2 Å². The minimum absolute atomic E-state index is 0.156. The van der Waals surface area contributed by atoms with Crippen molar-refractivity contribution in [2.75, 3.05) is 26.2 Å². The fraction of sp³-hybridized carbons (Fsp3) is 0.576. The number of aryl methyl sites for hydroxylation is 1. The van der Waals surface area contributed by atoms with Gasteiger partial charge in [-0.3, -0.25) is 0 Å². The lowest BCUT2D eigenvalue weighted by Crippen LogP contribution is -2.42. The molecule has 6 rings (SSSR count). The largest absolute Gasteiger partial charge is 0.444 e. The normalized spacial score (nSPS) is 19.0. The standard InChI is InChI=1S/C17H23ClN4O2.C16H21ClN4O2/c1-11-9-19-22-14(18)8-13(20-15(11)22)12-6-5-7-21(10-12)16(23)24-17(2,3)4;1-16(2,3)23-15(22)20-8-4-5-11(10-20)12-9-13(17)21-14(19-12)6-7-18-21/h8-9,12H,5-7,10H2,1-4H3;6-7,9,11H,4-5,8,10H2,1-3H3. The highest BCUT2D eigenvalue weighted by Crippen LogP contribution is 2.30. The van der Waals surface area contributed by atoms with Crippen LogP contribution in [0.15, 0.2) is 30.6 Å². The fourth-order valence-electron chi connectivity index (χ4n) is 5.79. The van der Waals surface area contributed by atoms with E-state index in [1.807, 2.05) is 66.7 Å². The van der Waals surface area contributed by atoms with E-state index in [0.717, 1.165) is 53.9 Å². The zero-order valence-corrected chi connectivity index (χ0v) is 29.7. The number of ether oxygens (including phenoxy) is 2. The predicted molar refractivity (Wildman–Crippen MR) is 180 cm³/mol. The molecule has 6 heterocycles. The summed E-state index contributed by atoms with van der Waals surface area (Å²) >= 11 is 12.6. The summed E-state index contributed by atoms with van der Waals surface area (Å²) < 4.78 is 14.2. The highest BCUT2D eigenvalue weighted by atomic mass is 35.5. The molecule has 254 valence electrons. The Morgan fingerprint density at radius 3 is 1.83 bits per heavy atom. The maximum atomic E-state index is 12.3. The molecule has 0 radical (unpaired) electrons. The SMILES string of the molecule is CC(C)(C)OC(=O)N1CCCC(c2cc(Cl)n3nccc3n2)C1.Cc1cnn2c(Cl)cc(C3CCCN(C(=O)OC(C)(C)C)C3)nc12. The van der Waals surface area contributed by atoms with Crippen LogP contribution in [0.25, 0.3) is 11.3 Å². The van der Waals surface area contributed by atoms with Gasteiger partial charge < -0.3 is 19.3 Å². The number of carbonyl (C=O) groups is 2. The van der Waals surface area contributed by atoms with Crippen LogP contribution >= 0.6 is 23.2 Å². The molecular weight excluding hydrogens is 643 g/mol. The summed E-state index contributed by atoms with van der Waals surface area (Å²) in [6.45, 7) is 15.9. The number of halogens is 2. The molecule has 2 fully saturated rings. The number of rotatable bonds is 2. The third kappa shape index (κ3) is 8.64. The van der Waals surface area contributed by atoms with Gasteiger partial charge in [0.1, 0.15) is 21.5 Å². The smallest absolute Gasteiger partial charge is 0.410 e. The molecule has 0 aromatic carbocycles. The van der Waals surface area contributed by atoms with Crippen LogP contribution in [0.2, 0.25) is 10.3 Å². The maximum absolute atomic E-state index is 12.3. The van der Waals surface area contributed by atoms with Crippen LogP contribution in [0.5, 0.6) is 0 Å². The molecule has 2 unspecified atom stereocenters. The highest BCUT2D eigenvalue weighted by Gasteiger charge is 2.31. The van der Waals surface area contributed by atoms with Crippen molar-refractivity contribution in [2.24, 2.45) is 0 Å². The molecule has 0 bridgehead atoms. The second-order valence-corrected chi connectivity index (χ2v) is 15.0. The second kappa shape index (κ2) is 13.8.